The molecule has 8 nitrogen and oxygen atoms in total. The summed E-state index contributed by atoms with van der Waals surface area (Å²) >= 11 is 0. The van der Waals surface area contributed by atoms with Gasteiger partial charge in [-0.3, -0.25) is 19.3 Å². The molecule has 2 unspecified atom stereocenters. The molecule has 2 aromatic carbocycles. The Labute approximate surface area is 194 Å². The van der Waals surface area contributed by atoms with Gasteiger partial charge in [0.2, 0.25) is 11.6 Å². The van der Waals surface area contributed by atoms with Crippen LogP contribution in [0.4, 0.5) is 5.82 Å². The molecule has 1 aliphatic rings. The predicted molar refractivity (Wildman–Crippen MR) is 121 cm³/mol. The van der Waals surface area contributed by atoms with Gasteiger partial charge in [-0.15, -0.1) is 0 Å². The van der Waals surface area contributed by atoms with Crippen LogP contribution in [0.15, 0.2) is 81.7 Å². The smallest absolute Gasteiger partial charge is 0.297 e. The summed E-state index contributed by atoms with van der Waals surface area (Å²) in [7, 11) is 0. The minimum atomic E-state index is -1.32. The van der Waals surface area contributed by atoms with Gasteiger partial charge >= 0.3 is 0 Å². The maximum Gasteiger partial charge on any atom is 0.297 e. The lowest BCUT2D eigenvalue weighted by molar-refractivity contribution is -0.135. The van der Waals surface area contributed by atoms with Gasteiger partial charge in [0, 0.05) is 6.07 Å². The lowest BCUT2D eigenvalue weighted by Crippen LogP contribution is -2.30. The summed E-state index contributed by atoms with van der Waals surface area (Å²) in [4.78, 5) is 40.8. The number of Topliss-reactive ketones (excluding diaryl/α,β-unsaturated/α-hetero) is 2. The molecule has 1 fully saturated rings. The first kappa shape index (κ1) is 21.4. The van der Waals surface area contributed by atoms with Crippen LogP contribution in [0, 0.1) is 19.8 Å². The number of rotatable bonds is 6. The highest BCUT2D eigenvalue weighted by Crippen LogP contribution is 2.42. The van der Waals surface area contributed by atoms with Crippen LogP contribution in [0.2, 0.25) is 0 Å². The van der Waals surface area contributed by atoms with Gasteiger partial charge in [-0.25, -0.2) is 0 Å². The van der Waals surface area contributed by atoms with E-state index in [2.05, 4.69) is 5.16 Å². The summed E-state index contributed by atoms with van der Waals surface area (Å²) in [5, 5.41) is 3.93. The molecular formula is C26H20N2O6. The lowest BCUT2D eigenvalue weighted by atomic mass is 9.88. The van der Waals surface area contributed by atoms with Crippen molar-refractivity contribution in [1.29, 1.82) is 0 Å². The first-order chi connectivity index (χ1) is 16.4. The number of ether oxygens (including phenoxy) is 1. The molecule has 0 saturated carbocycles. The van der Waals surface area contributed by atoms with Gasteiger partial charge in [0.15, 0.2) is 11.6 Å². The highest BCUT2D eigenvalue weighted by molar-refractivity contribution is 6.48. The Morgan fingerprint density at radius 1 is 0.912 bits per heavy atom. The average molecular weight is 456 g/mol. The van der Waals surface area contributed by atoms with Crippen molar-refractivity contribution in [2.24, 2.45) is 5.92 Å². The van der Waals surface area contributed by atoms with Crippen LogP contribution in [0.5, 0.6) is 11.5 Å². The third-order valence-corrected chi connectivity index (χ3v) is 5.61. The third kappa shape index (κ3) is 3.79. The Hall–Kier alpha value is -4.46. The SMILES string of the molecule is Cc1cc(N2C(=O)C(=O)C(C(=O)c3ccc(C)o3)C2c2cccc(Oc3ccccc3)c2)no1. The van der Waals surface area contributed by atoms with Gasteiger partial charge in [-0.2, -0.15) is 0 Å². The topological polar surface area (TPSA) is 103 Å². The number of benzene rings is 2. The van der Waals surface area contributed by atoms with Gasteiger partial charge in [-0.1, -0.05) is 35.5 Å². The molecule has 1 saturated heterocycles. The number of para-hydroxylation sites is 1. The van der Waals surface area contributed by atoms with Crippen molar-refractivity contribution >= 4 is 23.3 Å². The molecule has 3 heterocycles. The second kappa shape index (κ2) is 8.47. The molecule has 170 valence electrons. The van der Waals surface area contributed by atoms with Crippen LogP contribution in [0.25, 0.3) is 0 Å². The summed E-state index contributed by atoms with van der Waals surface area (Å²) in [6.07, 6.45) is 0. The molecule has 5 rings (SSSR count). The fourth-order valence-corrected chi connectivity index (χ4v) is 4.09. The molecule has 0 radical (unpaired) electrons. The van der Waals surface area contributed by atoms with E-state index in [0.29, 0.717) is 28.6 Å². The molecule has 0 bridgehead atoms. The van der Waals surface area contributed by atoms with Crippen LogP contribution in [-0.4, -0.2) is 22.6 Å². The summed E-state index contributed by atoms with van der Waals surface area (Å²) in [5.41, 5.74) is 0.537. The van der Waals surface area contributed by atoms with Crippen molar-refractivity contribution < 1.29 is 28.1 Å². The van der Waals surface area contributed by atoms with Crippen molar-refractivity contribution in [1.82, 2.24) is 5.16 Å². The van der Waals surface area contributed by atoms with Crippen molar-refractivity contribution in [2.45, 2.75) is 19.9 Å². The Morgan fingerprint density at radius 2 is 1.68 bits per heavy atom. The van der Waals surface area contributed by atoms with Crippen molar-refractivity contribution in [3.05, 3.63) is 95.6 Å². The second-order valence-corrected chi connectivity index (χ2v) is 8.02. The van der Waals surface area contributed by atoms with E-state index in [9.17, 15) is 14.4 Å². The van der Waals surface area contributed by atoms with Gasteiger partial charge in [0.1, 0.15) is 28.9 Å². The largest absolute Gasteiger partial charge is 0.458 e. The Balaban J connectivity index is 1.60. The fraction of sp³-hybridized carbons (Fsp3) is 0.154. The van der Waals surface area contributed by atoms with Crippen molar-refractivity contribution in [2.75, 3.05) is 4.90 Å². The summed E-state index contributed by atoms with van der Waals surface area (Å²) < 4.78 is 16.6. The zero-order valence-electron chi connectivity index (χ0n) is 18.4. The van der Waals surface area contributed by atoms with E-state index in [1.54, 1.807) is 50.2 Å². The highest BCUT2D eigenvalue weighted by Gasteiger charge is 2.54. The third-order valence-electron chi connectivity index (χ3n) is 5.61. The van der Waals surface area contributed by atoms with E-state index < -0.39 is 29.4 Å². The molecular weight excluding hydrogens is 436 g/mol. The van der Waals surface area contributed by atoms with Crippen LogP contribution >= 0.6 is 0 Å². The van der Waals surface area contributed by atoms with Crippen molar-refractivity contribution in [3.63, 3.8) is 0 Å². The number of aromatic nitrogens is 1. The number of hydrogen-bond acceptors (Lipinski definition) is 7. The number of aryl methyl sites for hydroxylation is 2. The molecule has 0 N–H and O–H groups in total. The normalized spacial score (nSPS) is 17.9. The van der Waals surface area contributed by atoms with E-state index in [0.717, 1.165) is 0 Å². The van der Waals surface area contributed by atoms with Crippen LogP contribution in [0.1, 0.15) is 33.7 Å². The van der Waals surface area contributed by atoms with Gasteiger partial charge < -0.3 is 13.7 Å². The van der Waals surface area contributed by atoms with Gasteiger partial charge in [0.05, 0.1) is 6.04 Å². The number of hydrogen-bond donors (Lipinski definition) is 0. The van der Waals surface area contributed by atoms with E-state index >= 15 is 0 Å². The minimum Gasteiger partial charge on any atom is -0.458 e. The predicted octanol–water partition coefficient (Wildman–Crippen LogP) is 4.83. The number of ketones is 2. The monoisotopic (exact) mass is 456 g/mol. The summed E-state index contributed by atoms with van der Waals surface area (Å²) in [6, 6.07) is 19.9. The first-order valence-corrected chi connectivity index (χ1v) is 10.7. The second-order valence-electron chi connectivity index (χ2n) is 8.02. The standard InChI is InChI=1S/C26H20N2O6/c1-15-11-12-20(32-15)24(29)22-23(28(26(31)25(22)30)21-13-16(2)34-27-21)17-7-6-10-19(14-17)33-18-8-4-3-5-9-18/h3-14,22-23H,1-2H3. The number of nitrogens with zero attached hydrogens (tertiary/aromatic N) is 2. The molecule has 8 heteroatoms. The van der Waals surface area contributed by atoms with Gasteiger partial charge in [0.25, 0.3) is 5.91 Å². The molecule has 1 aliphatic heterocycles. The molecule has 4 aromatic rings. The minimum absolute atomic E-state index is 0.0172. The Bertz CT molecular complexity index is 1390. The van der Waals surface area contributed by atoms with E-state index in [4.69, 9.17) is 13.7 Å². The molecule has 2 atom stereocenters. The average Bonchev–Trinajstić information content (AvgIpc) is 3.53. The fourth-order valence-electron chi connectivity index (χ4n) is 4.09. The molecule has 2 aromatic heterocycles. The number of carbonyl (C=O) groups is 3. The van der Waals surface area contributed by atoms with Gasteiger partial charge in [-0.05, 0) is 55.8 Å². The number of anilines is 1. The molecule has 34 heavy (non-hydrogen) atoms. The summed E-state index contributed by atoms with van der Waals surface area (Å²) in [5.74, 6) is -1.29. The quantitative estimate of drug-likeness (QED) is 0.232. The van der Waals surface area contributed by atoms with Crippen LogP contribution in [-0.2, 0) is 9.59 Å². The first-order valence-electron chi connectivity index (χ1n) is 10.7. The highest BCUT2D eigenvalue weighted by atomic mass is 16.5. The zero-order valence-corrected chi connectivity index (χ0v) is 18.4. The van der Waals surface area contributed by atoms with E-state index in [-0.39, 0.29) is 11.6 Å². The van der Waals surface area contributed by atoms with E-state index in [1.807, 2.05) is 30.3 Å². The number of furan rings is 1. The molecule has 0 aliphatic carbocycles. The summed E-state index contributed by atoms with van der Waals surface area (Å²) in [6.45, 7) is 3.38. The number of carbonyl (C=O) groups excluding carboxylic acids is 3. The maximum absolute atomic E-state index is 13.4. The van der Waals surface area contributed by atoms with E-state index in [1.165, 1.54) is 11.0 Å². The molecule has 0 spiro atoms. The maximum atomic E-state index is 13.4. The molecule has 1 amide bonds. The Kier molecular flexibility index (Phi) is 5.33. The lowest BCUT2D eigenvalue weighted by Gasteiger charge is -2.25. The number of amides is 1. The zero-order chi connectivity index (χ0) is 23.8. The Morgan fingerprint density at radius 3 is 2.35 bits per heavy atom. The van der Waals surface area contributed by atoms with Crippen LogP contribution < -0.4 is 9.64 Å². The van der Waals surface area contributed by atoms with Crippen molar-refractivity contribution in [3.8, 4) is 11.5 Å². The van der Waals surface area contributed by atoms with Crippen LogP contribution in [0.3, 0.4) is 0 Å².